The SMILES string of the molecule is c1ccc2c(c1)oc1c(-c3ccc(N(c4ccc(-c5ccc6c(c5)sc5ccccc56)cc4)c4cccc5c4oc4ccccc45)cc3)cccc12. The fourth-order valence-electron chi connectivity index (χ4n) is 7.81. The molecule has 0 unspecified atom stereocenters. The highest BCUT2D eigenvalue weighted by molar-refractivity contribution is 7.25. The number of rotatable bonds is 5. The van der Waals surface area contributed by atoms with Crippen molar-refractivity contribution in [2.45, 2.75) is 0 Å². The molecule has 0 fully saturated rings. The lowest BCUT2D eigenvalue weighted by atomic mass is 10.0. The van der Waals surface area contributed by atoms with E-state index in [4.69, 9.17) is 8.83 Å². The Morgan fingerprint density at radius 3 is 1.63 bits per heavy atom. The smallest absolute Gasteiger partial charge is 0.159 e. The maximum absolute atomic E-state index is 6.58. The molecule has 0 saturated heterocycles. The Kier molecular flexibility index (Phi) is 6.42. The summed E-state index contributed by atoms with van der Waals surface area (Å²) in [6.45, 7) is 0. The van der Waals surface area contributed by atoms with Crippen LogP contribution in [-0.2, 0) is 0 Å². The fraction of sp³-hybridized carbons (Fsp3) is 0. The van der Waals surface area contributed by atoms with Gasteiger partial charge < -0.3 is 13.7 Å². The highest BCUT2D eigenvalue weighted by Gasteiger charge is 2.20. The van der Waals surface area contributed by atoms with Gasteiger partial charge in [0.05, 0.1) is 5.69 Å². The number of furan rings is 2. The average molecular weight is 684 g/mol. The van der Waals surface area contributed by atoms with Gasteiger partial charge in [-0.25, -0.2) is 0 Å². The Balaban J connectivity index is 1.04. The first-order valence-electron chi connectivity index (χ1n) is 17.5. The minimum absolute atomic E-state index is 0.860. The van der Waals surface area contributed by atoms with Crippen LogP contribution in [0.5, 0.6) is 0 Å². The van der Waals surface area contributed by atoms with Crippen LogP contribution >= 0.6 is 11.3 Å². The summed E-state index contributed by atoms with van der Waals surface area (Å²) >= 11 is 1.85. The van der Waals surface area contributed by atoms with Crippen molar-refractivity contribution in [3.63, 3.8) is 0 Å². The van der Waals surface area contributed by atoms with Crippen molar-refractivity contribution in [1.29, 1.82) is 0 Å². The maximum atomic E-state index is 6.58. The van der Waals surface area contributed by atoms with Crippen LogP contribution in [0.15, 0.2) is 185 Å². The molecular formula is C48H29NO2S. The van der Waals surface area contributed by atoms with Crippen molar-refractivity contribution < 1.29 is 8.83 Å². The lowest BCUT2D eigenvalue weighted by Crippen LogP contribution is -2.10. The zero-order chi connectivity index (χ0) is 34.2. The van der Waals surface area contributed by atoms with Gasteiger partial charge in [-0.2, -0.15) is 0 Å². The first kappa shape index (κ1) is 29.1. The predicted octanol–water partition coefficient (Wildman–Crippen LogP) is 14.7. The Morgan fingerprint density at radius 2 is 0.904 bits per heavy atom. The van der Waals surface area contributed by atoms with Crippen LogP contribution in [-0.4, -0.2) is 0 Å². The van der Waals surface area contributed by atoms with Gasteiger partial charge in [-0.15, -0.1) is 11.3 Å². The molecule has 3 nitrogen and oxygen atoms in total. The second kappa shape index (κ2) is 11.5. The van der Waals surface area contributed by atoms with Gasteiger partial charge in [-0.05, 0) is 71.3 Å². The van der Waals surface area contributed by atoms with Crippen molar-refractivity contribution in [2.24, 2.45) is 0 Å². The Bertz CT molecular complexity index is 3130. The maximum Gasteiger partial charge on any atom is 0.159 e. The molecule has 0 aliphatic heterocycles. The third-order valence-corrected chi connectivity index (χ3v) is 11.4. The molecule has 4 heteroatoms. The van der Waals surface area contributed by atoms with Crippen molar-refractivity contribution in [3.8, 4) is 22.3 Å². The number of hydrogen-bond acceptors (Lipinski definition) is 4. The van der Waals surface area contributed by atoms with Crippen LogP contribution in [0.25, 0.3) is 86.3 Å². The van der Waals surface area contributed by atoms with Crippen LogP contribution in [0.3, 0.4) is 0 Å². The Morgan fingerprint density at radius 1 is 0.365 bits per heavy atom. The summed E-state index contributed by atoms with van der Waals surface area (Å²) in [5, 5.41) is 7.10. The van der Waals surface area contributed by atoms with Crippen LogP contribution in [0.4, 0.5) is 17.1 Å². The third-order valence-electron chi connectivity index (χ3n) is 10.3. The number of benzene rings is 8. The van der Waals surface area contributed by atoms with Gasteiger partial charge in [-0.3, -0.25) is 0 Å². The quantitative estimate of drug-likeness (QED) is 0.181. The number of nitrogens with zero attached hydrogens (tertiary/aromatic N) is 1. The van der Waals surface area contributed by atoms with Gasteiger partial charge in [0.2, 0.25) is 0 Å². The van der Waals surface area contributed by atoms with Gasteiger partial charge in [0.1, 0.15) is 16.7 Å². The Hall–Kier alpha value is -6.62. The summed E-state index contributed by atoms with van der Waals surface area (Å²) in [4.78, 5) is 2.30. The molecule has 0 atom stereocenters. The molecule has 0 amide bonds. The van der Waals surface area contributed by atoms with Crippen LogP contribution in [0, 0.1) is 0 Å². The van der Waals surface area contributed by atoms with E-state index in [9.17, 15) is 0 Å². The number of fused-ring (bicyclic) bond motifs is 9. The molecule has 0 N–H and O–H groups in total. The third kappa shape index (κ3) is 4.51. The second-order valence-corrected chi connectivity index (χ2v) is 14.4. The van der Waals surface area contributed by atoms with Gasteiger partial charge in [0, 0.05) is 58.7 Å². The molecule has 0 bridgehead atoms. The zero-order valence-corrected chi connectivity index (χ0v) is 28.7. The normalized spacial score (nSPS) is 11.8. The van der Waals surface area contributed by atoms with E-state index in [0.717, 1.165) is 72.1 Å². The molecule has 3 heterocycles. The predicted molar refractivity (Wildman–Crippen MR) is 219 cm³/mol. The fourth-order valence-corrected chi connectivity index (χ4v) is 8.95. The topological polar surface area (TPSA) is 29.5 Å². The van der Waals surface area contributed by atoms with E-state index in [-0.39, 0.29) is 0 Å². The molecule has 11 aromatic rings. The van der Waals surface area contributed by atoms with Crippen molar-refractivity contribution in [2.75, 3.05) is 4.90 Å². The molecule has 0 aliphatic carbocycles. The summed E-state index contributed by atoms with van der Waals surface area (Å²) < 4.78 is 15.6. The molecule has 0 radical (unpaired) electrons. The standard InChI is InChI=1S/C48H29NO2S/c1-4-16-43-36(9-1)40-13-7-12-35(47(40)50-43)31-21-26-34(27-22-31)49(42-15-8-14-41-37-10-2-5-17-44(37)51-48(41)42)33-24-19-30(20-25-33)32-23-28-39-38-11-3-6-18-45(38)52-46(39)29-32/h1-29H. The number of hydrogen-bond donors (Lipinski definition) is 0. The van der Waals surface area contributed by atoms with E-state index < -0.39 is 0 Å². The van der Waals surface area contributed by atoms with Crippen LogP contribution in [0.1, 0.15) is 0 Å². The Labute approximate surface area is 303 Å². The minimum atomic E-state index is 0.860. The van der Waals surface area contributed by atoms with Gasteiger partial charge in [-0.1, -0.05) is 121 Å². The van der Waals surface area contributed by atoms with E-state index in [1.807, 2.05) is 35.6 Å². The highest BCUT2D eigenvalue weighted by atomic mass is 32.1. The monoisotopic (exact) mass is 683 g/mol. The molecule has 8 aromatic carbocycles. The summed E-state index contributed by atoms with van der Waals surface area (Å²) in [7, 11) is 0. The summed E-state index contributed by atoms with van der Waals surface area (Å²) in [6.07, 6.45) is 0. The minimum Gasteiger partial charge on any atom is -0.455 e. The average Bonchev–Trinajstić information content (AvgIpc) is 3.90. The number of thiophene rings is 1. The molecule has 0 saturated carbocycles. The van der Waals surface area contributed by atoms with Gasteiger partial charge in [0.15, 0.2) is 5.58 Å². The van der Waals surface area contributed by atoms with Gasteiger partial charge in [0.25, 0.3) is 0 Å². The van der Waals surface area contributed by atoms with E-state index in [0.29, 0.717) is 0 Å². The van der Waals surface area contributed by atoms with Crippen LogP contribution < -0.4 is 4.90 Å². The molecular weight excluding hydrogens is 655 g/mol. The van der Waals surface area contributed by atoms with E-state index in [1.54, 1.807) is 0 Å². The lowest BCUT2D eigenvalue weighted by Gasteiger charge is -2.26. The zero-order valence-electron chi connectivity index (χ0n) is 27.9. The summed E-state index contributed by atoms with van der Waals surface area (Å²) in [5.74, 6) is 0. The first-order chi connectivity index (χ1) is 25.8. The molecule has 11 rings (SSSR count). The molecule has 3 aromatic heterocycles. The highest BCUT2D eigenvalue weighted by Crippen LogP contribution is 2.44. The van der Waals surface area contributed by atoms with E-state index in [2.05, 4.69) is 157 Å². The van der Waals surface area contributed by atoms with E-state index >= 15 is 0 Å². The largest absolute Gasteiger partial charge is 0.455 e. The first-order valence-corrected chi connectivity index (χ1v) is 18.3. The second-order valence-electron chi connectivity index (χ2n) is 13.3. The summed E-state index contributed by atoms with van der Waals surface area (Å²) in [5.41, 5.74) is 11.2. The van der Waals surface area contributed by atoms with Crippen molar-refractivity contribution in [3.05, 3.63) is 176 Å². The molecule has 0 aliphatic rings. The van der Waals surface area contributed by atoms with Crippen molar-refractivity contribution in [1.82, 2.24) is 0 Å². The van der Waals surface area contributed by atoms with E-state index in [1.165, 1.54) is 31.3 Å². The molecule has 244 valence electrons. The summed E-state index contributed by atoms with van der Waals surface area (Å²) in [6, 6.07) is 62.5. The van der Waals surface area contributed by atoms with Crippen LogP contribution in [0.2, 0.25) is 0 Å². The van der Waals surface area contributed by atoms with Crippen molar-refractivity contribution >= 4 is 92.4 Å². The lowest BCUT2D eigenvalue weighted by molar-refractivity contribution is 0.669. The number of anilines is 3. The molecule has 0 spiro atoms. The molecule has 52 heavy (non-hydrogen) atoms. The number of para-hydroxylation sites is 4. The van der Waals surface area contributed by atoms with Gasteiger partial charge >= 0.3 is 0 Å².